The van der Waals surface area contributed by atoms with Gasteiger partial charge >= 0.3 is 0 Å². The minimum Gasteiger partial charge on any atom is -0.490 e. The van der Waals surface area contributed by atoms with Gasteiger partial charge in [-0.1, -0.05) is 24.3 Å². The third-order valence-corrected chi connectivity index (χ3v) is 3.31. The van der Waals surface area contributed by atoms with Crippen molar-refractivity contribution in [2.75, 3.05) is 13.1 Å². The van der Waals surface area contributed by atoms with E-state index in [0.29, 0.717) is 6.10 Å². The molecule has 1 aromatic carbocycles. The van der Waals surface area contributed by atoms with Crippen LogP contribution in [0.4, 0.5) is 0 Å². The zero-order valence-corrected chi connectivity index (χ0v) is 10.8. The van der Waals surface area contributed by atoms with E-state index < -0.39 is 0 Å². The maximum Gasteiger partial charge on any atom is 0.119 e. The van der Waals surface area contributed by atoms with Crippen molar-refractivity contribution in [1.29, 1.82) is 0 Å². The second-order valence-electron chi connectivity index (χ2n) is 4.85. The molecule has 2 nitrogen and oxygen atoms in total. The highest BCUT2D eigenvalue weighted by Crippen LogP contribution is 2.20. The highest BCUT2D eigenvalue weighted by atomic mass is 16.5. The van der Waals surface area contributed by atoms with Gasteiger partial charge in [0.2, 0.25) is 0 Å². The molecule has 1 aliphatic heterocycles. The average Bonchev–Trinajstić information content (AvgIpc) is 2.33. The molecule has 1 saturated heterocycles. The molecule has 0 radical (unpaired) electrons. The van der Waals surface area contributed by atoms with Gasteiger partial charge in [-0.3, -0.25) is 0 Å². The van der Waals surface area contributed by atoms with Crippen LogP contribution >= 0.6 is 0 Å². The van der Waals surface area contributed by atoms with Crippen LogP contribution in [0.5, 0.6) is 5.75 Å². The summed E-state index contributed by atoms with van der Waals surface area (Å²) < 4.78 is 5.98. The zero-order chi connectivity index (χ0) is 12.3. The van der Waals surface area contributed by atoms with Crippen LogP contribution in [0.3, 0.4) is 0 Å². The molecule has 0 aromatic heterocycles. The third kappa shape index (κ3) is 3.26. The topological polar surface area (TPSA) is 12.5 Å². The van der Waals surface area contributed by atoms with Gasteiger partial charge in [0.05, 0.1) is 0 Å². The zero-order valence-electron chi connectivity index (χ0n) is 10.8. The first-order valence-corrected chi connectivity index (χ1v) is 6.29. The summed E-state index contributed by atoms with van der Waals surface area (Å²) in [6, 6.07) is 8.30. The molecular weight excluding hydrogens is 210 g/mol. The molecule has 0 spiro atoms. The van der Waals surface area contributed by atoms with Gasteiger partial charge in [0.1, 0.15) is 11.9 Å². The summed E-state index contributed by atoms with van der Waals surface area (Å²) in [5.74, 6) is 0.990. The summed E-state index contributed by atoms with van der Waals surface area (Å²) in [5.41, 5.74) is 2.44. The molecule has 1 aliphatic rings. The number of nitrogens with zero attached hydrogens (tertiary/aromatic N) is 1. The normalized spacial score (nSPS) is 16.9. The Morgan fingerprint density at radius 1 is 1.24 bits per heavy atom. The van der Waals surface area contributed by atoms with Crippen molar-refractivity contribution in [3.63, 3.8) is 0 Å². The summed E-state index contributed by atoms with van der Waals surface area (Å²) in [5, 5.41) is 0. The van der Waals surface area contributed by atoms with Crippen LogP contribution in [0, 0.1) is 6.92 Å². The van der Waals surface area contributed by atoms with Gasteiger partial charge < -0.3 is 9.64 Å². The number of hydrogen-bond acceptors (Lipinski definition) is 2. The van der Waals surface area contributed by atoms with Crippen molar-refractivity contribution in [2.24, 2.45) is 0 Å². The minimum absolute atomic E-state index is 0.355. The van der Waals surface area contributed by atoms with Crippen LogP contribution in [0.15, 0.2) is 36.5 Å². The van der Waals surface area contributed by atoms with E-state index in [1.165, 1.54) is 11.3 Å². The molecule has 92 valence electrons. The molecule has 0 N–H and O–H groups in total. The monoisotopic (exact) mass is 231 g/mol. The Morgan fingerprint density at radius 3 is 2.35 bits per heavy atom. The summed E-state index contributed by atoms with van der Waals surface area (Å²) in [6.45, 7) is 10.3. The molecule has 0 bridgehead atoms. The van der Waals surface area contributed by atoms with Crippen molar-refractivity contribution in [3.05, 3.63) is 42.1 Å². The van der Waals surface area contributed by atoms with Gasteiger partial charge in [-0.25, -0.2) is 0 Å². The van der Waals surface area contributed by atoms with Gasteiger partial charge in [-0.2, -0.15) is 0 Å². The molecule has 2 heteroatoms. The maximum atomic E-state index is 5.98. The van der Waals surface area contributed by atoms with Crippen molar-refractivity contribution >= 4 is 0 Å². The Balaban J connectivity index is 1.85. The maximum absolute atomic E-state index is 5.98. The number of benzene rings is 1. The van der Waals surface area contributed by atoms with Gasteiger partial charge in [-0.05, 0) is 26.0 Å². The molecule has 1 heterocycles. The molecule has 2 rings (SSSR count). The van der Waals surface area contributed by atoms with Crippen molar-refractivity contribution in [2.45, 2.75) is 32.8 Å². The fourth-order valence-corrected chi connectivity index (χ4v) is 2.16. The number of aryl methyl sites for hydroxylation is 1. The number of rotatable bonds is 3. The lowest BCUT2D eigenvalue weighted by Gasteiger charge is -2.33. The molecule has 17 heavy (non-hydrogen) atoms. The largest absolute Gasteiger partial charge is 0.490 e. The van der Waals surface area contributed by atoms with E-state index in [0.717, 1.165) is 31.7 Å². The number of ether oxygens (including phenoxy) is 1. The van der Waals surface area contributed by atoms with E-state index in [1.54, 1.807) is 0 Å². The SMILES string of the molecule is C=C(C)N1CCC(Oc2ccc(C)cc2)CC1. The summed E-state index contributed by atoms with van der Waals surface area (Å²) in [4.78, 5) is 2.33. The van der Waals surface area contributed by atoms with Crippen LogP contribution in [0.2, 0.25) is 0 Å². The second kappa shape index (κ2) is 5.26. The lowest BCUT2D eigenvalue weighted by atomic mass is 10.1. The van der Waals surface area contributed by atoms with Crippen LogP contribution < -0.4 is 4.74 Å². The molecule has 1 aromatic rings. The molecule has 0 aliphatic carbocycles. The number of piperidine rings is 1. The average molecular weight is 231 g/mol. The van der Waals surface area contributed by atoms with Gasteiger partial charge in [0.25, 0.3) is 0 Å². The van der Waals surface area contributed by atoms with Gasteiger partial charge in [0.15, 0.2) is 0 Å². The Hall–Kier alpha value is -1.44. The van der Waals surface area contributed by atoms with E-state index in [9.17, 15) is 0 Å². The fourth-order valence-electron chi connectivity index (χ4n) is 2.16. The van der Waals surface area contributed by atoms with Crippen LogP contribution in [0.1, 0.15) is 25.3 Å². The Kier molecular flexibility index (Phi) is 3.72. The molecule has 1 fully saturated rings. The smallest absolute Gasteiger partial charge is 0.119 e. The van der Waals surface area contributed by atoms with E-state index in [4.69, 9.17) is 4.74 Å². The van der Waals surface area contributed by atoms with Gasteiger partial charge in [-0.15, -0.1) is 0 Å². The molecule has 0 amide bonds. The molecule has 0 unspecified atom stereocenters. The van der Waals surface area contributed by atoms with Crippen molar-refractivity contribution in [1.82, 2.24) is 4.90 Å². The lowest BCUT2D eigenvalue weighted by molar-refractivity contribution is 0.118. The summed E-state index contributed by atoms with van der Waals surface area (Å²) >= 11 is 0. The first kappa shape index (κ1) is 12.0. The molecule has 0 atom stereocenters. The first-order chi connectivity index (χ1) is 8.15. The highest BCUT2D eigenvalue weighted by molar-refractivity contribution is 5.26. The standard InChI is InChI=1S/C15H21NO/c1-12(2)16-10-8-15(9-11-16)17-14-6-4-13(3)5-7-14/h4-7,15H,1,8-11H2,2-3H3. The Morgan fingerprint density at radius 2 is 1.82 bits per heavy atom. The molecule has 0 saturated carbocycles. The van der Waals surface area contributed by atoms with E-state index in [1.807, 2.05) is 0 Å². The first-order valence-electron chi connectivity index (χ1n) is 6.29. The van der Waals surface area contributed by atoms with E-state index in [-0.39, 0.29) is 0 Å². The lowest BCUT2D eigenvalue weighted by Crippen LogP contribution is -2.36. The van der Waals surface area contributed by atoms with Crippen LogP contribution in [-0.2, 0) is 0 Å². The van der Waals surface area contributed by atoms with E-state index >= 15 is 0 Å². The Labute approximate surface area is 104 Å². The number of allylic oxidation sites excluding steroid dienone is 1. The van der Waals surface area contributed by atoms with Crippen molar-refractivity contribution in [3.8, 4) is 5.75 Å². The predicted octanol–water partition coefficient (Wildman–Crippen LogP) is 3.37. The molecular formula is C15H21NO. The van der Waals surface area contributed by atoms with E-state index in [2.05, 4.69) is 49.6 Å². The second-order valence-corrected chi connectivity index (χ2v) is 4.85. The summed E-state index contributed by atoms with van der Waals surface area (Å²) in [6.07, 6.45) is 2.52. The van der Waals surface area contributed by atoms with Crippen LogP contribution in [0.25, 0.3) is 0 Å². The number of hydrogen-bond donors (Lipinski definition) is 0. The van der Waals surface area contributed by atoms with Gasteiger partial charge in [0, 0.05) is 31.6 Å². The third-order valence-electron chi connectivity index (χ3n) is 3.31. The minimum atomic E-state index is 0.355. The predicted molar refractivity (Wildman–Crippen MR) is 71.2 cm³/mol. The quantitative estimate of drug-likeness (QED) is 0.790. The van der Waals surface area contributed by atoms with Crippen molar-refractivity contribution < 1.29 is 4.74 Å². The fraction of sp³-hybridized carbons (Fsp3) is 0.467. The van der Waals surface area contributed by atoms with Crippen LogP contribution in [-0.4, -0.2) is 24.1 Å². The number of likely N-dealkylation sites (tertiary alicyclic amines) is 1. The summed E-state index contributed by atoms with van der Waals surface area (Å²) in [7, 11) is 0. The Bertz CT molecular complexity index is 374. The highest BCUT2D eigenvalue weighted by Gasteiger charge is 2.19.